The highest BCUT2D eigenvalue weighted by molar-refractivity contribution is 5.92. The Labute approximate surface area is 109 Å². The van der Waals surface area contributed by atoms with Crippen LogP contribution in [0.4, 0.5) is 5.69 Å². The molecule has 6 nitrogen and oxygen atoms in total. The SMILES string of the molecule is COCC(C)CNc1cccc2c(=O)[nH][nH]c(=O)c12. The van der Waals surface area contributed by atoms with Crippen molar-refractivity contribution in [1.29, 1.82) is 0 Å². The van der Waals surface area contributed by atoms with Crippen LogP contribution in [0.1, 0.15) is 6.92 Å². The number of anilines is 1. The summed E-state index contributed by atoms with van der Waals surface area (Å²) in [6, 6.07) is 5.17. The molecule has 1 heterocycles. The lowest BCUT2D eigenvalue weighted by Gasteiger charge is -2.13. The average molecular weight is 263 g/mol. The Kier molecular flexibility index (Phi) is 4.01. The van der Waals surface area contributed by atoms with Gasteiger partial charge in [-0.2, -0.15) is 0 Å². The second-order valence-electron chi connectivity index (χ2n) is 4.58. The van der Waals surface area contributed by atoms with E-state index >= 15 is 0 Å². The van der Waals surface area contributed by atoms with Crippen molar-refractivity contribution in [2.24, 2.45) is 5.92 Å². The Morgan fingerprint density at radius 3 is 2.74 bits per heavy atom. The van der Waals surface area contributed by atoms with Crippen LogP contribution in [0.3, 0.4) is 0 Å². The number of H-pyrrole nitrogens is 2. The number of aromatic nitrogens is 2. The van der Waals surface area contributed by atoms with Crippen molar-refractivity contribution in [2.75, 3.05) is 25.6 Å². The normalized spacial score (nSPS) is 12.5. The number of ether oxygens (including phenoxy) is 1. The van der Waals surface area contributed by atoms with Gasteiger partial charge in [-0.05, 0) is 18.1 Å². The maximum absolute atomic E-state index is 11.8. The van der Waals surface area contributed by atoms with Crippen LogP contribution in [0.2, 0.25) is 0 Å². The molecule has 0 aliphatic carbocycles. The third kappa shape index (κ3) is 2.85. The maximum Gasteiger partial charge on any atom is 0.272 e. The molecule has 0 aliphatic heterocycles. The molecule has 1 unspecified atom stereocenters. The van der Waals surface area contributed by atoms with E-state index in [0.29, 0.717) is 35.5 Å². The molecule has 0 radical (unpaired) electrons. The molecule has 1 aromatic carbocycles. The van der Waals surface area contributed by atoms with Crippen LogP contribution in [0.5, 0.6) is 0 Å². The van der Waals surface area contributed by atoms with Crippen molar-refractivity contribution in [2.45, 2.75) is 6.92 Å². The zero-order valence-corrected chi connectivity index (χ0v) is 10.9. The number of methoxy groups -OCH3 is 1. The molecule has 1 aromatic heterocycles. The van der Waals surface area contributed by atoms with Crippen molar-refractivity contribution >= 4 is 16.5 Å². The smallest absolute Gasteiger partial charge is 0.272 e. The van der Waals surface area contributed by atoms with E-state index in [4.69, 9.17) is 4.74 Å². The molecule has 102 valence electrons. The summed E-state index contributed by atoms with van der Waals surface area (Å²) in [5.74, 6) is 0.307. The third-order valence-corrected chi connectivity index (χ3v) is 2.92. The number of rotatable bonds is 5. The zero-order valence-electron chi connectivity index (χ0n) is 10.9. The number of hydrogen-bond acceptors (Lipinski definition) is 4. The molecule has 0 aliphatic rings. The second kappa shape index (κ2) is 5.71. The summed E-state index contributed by atoms with van der Waals surface area (Å²) in [6.07, 6.45) is 0. The lowest BCUT2D eigenvalue weighted by molar-refractivity contribution is 0.164. The van der Waals surface area contributed by atoms with E-state index in [1.165, 1.54) is 0 Å². The molecule has 0 fully saturated rings. The number of fused-ring (bicyclic) bond motifs is 1. The Bertz CT molecular complexity index is 675. The van der Waals surface area contributed by atoms with E-state index < -0.39 is 0 Å². The number of nitrogens with one attached hydrogen (secondary N) is 3. The second-order valence-corrected chi connectivity index (χ2v) is 4.58. The summed E-state index contributed by atoms with van der Waals surface area (Å²) in [5.41, 5.74) is 0.0492. The minimum absolute atomic E-state index is 0.303. The maximum atomic E-state index is 11.8. The van der Waals surface area contributed by atoms with Gasteiger partial charge in [-0.1, -0.05) is 13.0 Å². The molecule has 0 saturated heterocycles. The van der Waals surface area contributed by atoms with E-state index in [0.717, 1.165) is 0 Å². The first kappa shape index (κ1) is 13.4. The van der Waals surface area contributed by atoms with Gasteiger partial charge in [0.1, 0.15) is 0 Å². The van der Waals surface area contributed by atoms with E-state index in [2.05, 4.69) is 15.5 Å². The topological polar surface area (TPSA) is 87.0 Å². The van der Waals surface area contributed by atoms with Crippen LogP contribution in [0, 0.1) is 5.92 Å². The zero-order chi connectivity index (χ0) is 13.8. The van der Waals surface area contributed by atoms with Gasteiger partial charge in [0.25, 0.3) is 11.1 Å². The number of hydrogen-bond donors (Lipinski definition) is 3. The van der Waals surface area contributed by atoms with Gasteiger partial charge in [0.05, 0.1) is 17.4 Å². The summed E-state index contributed by atoms with van der Waals surface area (Å²) in [5, 5.41) is 8.61. The molecule has 2 rings (SSSR count). The van der Waals surface area contributed by atoms with Crippen LogP contribution in [-0.2, 0) is 4.74 Å². The fourth-order valence-electron chi connectivity index (χ4n) is 2.00. The van der Waals surface area contributed by atoms with Crippen molar-refractivity contribution < 1.29 is 4.74 Å². The van der Waals surface area contributed by atoms with Gasteiger partial charge in [-0.3, -0.25) is 19.8 Å². The molecular weight excluding hydrogens is 246 g/mol. The van der Waals surface area contributed by atoms with Gasteiger partial charge in [0, 0.05) is 19.3 Å². The molecule has 1 atom stereocenters. The molecule has 19 heavy (non-hydrogen) atoms. The molecule has 0 spiro atoms. The van der Waals surface area contributed by atoms with Crippen molar-refractivity contribution in [3.63, 3.8) is 0 Å². The van der Waals surface area contributed by atoms with Crippen molar-refractivity contribution in [3.05, 3.63) is 38.9 Å². The highest BCUT2D eigenvalue weighted by atomic mass is 16.5. The standard InChI is InChI=1S/C13H17N3O3/c1-8(7-19-2)6-14-10-5-3-4-9-11(10)13(18)16-15-12(9)17/h3-5,8,14H,6-7H2,1-2H3,(H,15,17)(H,16,18). The average Bonchev–Trinajstić information content (AvgIpc) is 2.41. The number of aromatic amines is 2. The predicted octanol–water partition coefficient (Wildman–Crippen LogP) is 0.911. The number of benzene rings is 1. The van der Waals surface area contributed by atoms with Crippen LogP contribution < -0.4 is 16.4 Å². The molecule has 6 heteroatoms. The first-order valence-corrected chi connectivity index (χ1v) is 6.10. The fourth-order valence-corrected chi connectivity index (χ4v) is 2.00. The summed E-state index contributed by atoms with van der Waals surface area (Å²) < 4.78 is 5.06. The van der Waals surface area contributed by atoms with Gasteiger partial charge in [0.2, 0.25) is 0 Å². The monoisotopic (exact) mass is 263 g/mol. The first-order valence-electron chi connectivity index (χ1n) is 6.10. The Hall–Kier alpha value is -2.08. The Morgan fingerprint density at radius 1 is 1.26 bits per heavy atom. The lowest BCUT2D eigenvalue weighted by Crippen LogP contribution is -2.21. The van der Waals surface area contributed by atoms with Crippen LogP contribution in [-0.4, -0.2) is 30.5 Å². The highest BCUT2D eigenvalue weighted by Crippen LogP contribution is 2.17. The van der Waals surface area contributed by atoms with Crippen LogP contribution in [0.15, 0.2) is 27.8 Å². The molecule has 0 amide bonds. The summed E-state index contributed by atoms with van der Waals surface area (Å²) in [7, 11) is 1.65. The lowest BCUT2D eigenvalue weighted by atomic mass is 10.1. The Balaban J connectivity index is 2.36. The van der Waals surface area contributed by atoms with E-state index in [9.17, 15) is 9.59 Å². The van der Waals surface area contributed by atoms with Crippen LogP contribution >= 0.6 is 0 Å². The molecule has 0 saturated carbocycles. The van der Waals surface area contributed by atoms with E-state index in [1.807, 2.05) is 6.92 Å². The van der Waals surface area contributed by atoms with E-state index in [1.54, 1.807) is 25.3 Å². The van der Waals surface area contributed by atoms with E-state index in [-0.39, 0.29) is 11.1 Å². The minimum atomic E-state index is -0.308. The molecular formula is C13H17N3O3. The van der Waals surface area contributed by atoms with Gasteiger partial charge < -0.3 is 10.1 Å². The van der Waals surface area contributed by atoms with Crippen LogP contribution in [0.25, 0.3) is 10.8 Å². The summed E-state index contributed by atoms with van der Waals surface area (Å²) >= 11 is 0. The largest absolute Gasteiger partial charge is 0.384 e. The molecule has 2 aromatic rings. The van der Waals surface area contributed by atoms with Gasteiger partial charge in [0.15, 0.2) is 0 Å². The summed E-state index contributed by atoms with van der Waals surface area (Å²) in [4.78, 5) is 23.5. The molecule has 0 bridgehead atoms. The van der Waals surface area contributed by atoms with Gasteiger partial charge in [-0.15, -0.1) is 0 Å². The van der Waals surface area contributed by atoms with Gasteiger partial charge in [-0.25, -0.2) is 0 Å². The quantitative estimate of drug-likeness (QED) is 0.748. The van der Waals surface area contributed by atoms with Gasteiger partial charge >= 0.3 is 0 Å². The highest BCUT2D eigenvalue weighted by Gasteiger charge is 2.09. The van der Waals surface area contributed by atoms with Crippen molar-refractivity contribution in [3.8, 4) is 0 Å². The first-order chi connectivity index (χ1) is 9.13. The van der Waals surface area contributed by atoms with Crippen molar-refractivity contribution in [1.82, 2.24) is 10.2 Å². The Morgan fingerprint density at radius 2 is 2.00 bits per heavy atom. The summed E-state index contributed by atoms with van der Waals surface area (Å²) in [6.45, 7) is 3.34. The predicted molar refractivity (Wildman–Crippen MR) is 74.7 cm³/mol. The fraction of sp³-hybridized carbons (Fsp3) is 0.385. The molecule has 3 N–H and O–H groups in total. The third-order valence-electron chi connectivity index (χ3n) is 2.92. The minimum Gasteiger partial charge on any atom is -0.384 e.